The highest BCUT2D eigenvalue weighted by Gasteiger charge is 2.36. The largest absolute Gasteiger partial charge is 0.456 e. The van der Waals surface area contributed by atoms with Gasteiger partial charge < -0.3 is 14.4 Å². The van der Waals surface area contributed by atoms with Crippen molar-refractivity contribution in [3.63, 3.8) is 0 Å². The summed E-state index contributed by atoms with van der Waals surface area (Å²) < 4.78 is 13.0. The van der Waals surface area contributed by atoms with Crippen molar-refractivity contribution in [1.82, 2.24) is 0 Å². The number of para-hydroxylation sites is 1. The highest BCUT2D eigenvalue weighted by atomic mass is 16.5. The molecule has 2 aliphatic heterocycles. The van der Waals surface area contributed by atoms with Crippen LogP contribution in [0, 0.1) is 0 Å². The molecule has 3 heteroatoms. The van der Waals surface area contributed by atoms with Crippen molar-refractivity contribution in [3.05, 3.63) is 163 Å². The van der Waals surface area contributed by atoms with Crippen LogP contribution < -0.4 is 14.4 Å². The second-order valence-corrected chi connectivity index (χ2v) is 12.7. The van der Waals surface area contributed by atoms with Crippen molar-refractivity contribution in [2.75, 3.05) is 4.90 Å². The van der Waals surface area contributed by atoms with Gasteiger partial charge in [-0.3, -0.25) is 0 Å². The summed E-state index contributed by atoms with van der Waals surface area (Å²) >= 11 is 0. The molecule has 0 N–H and O–H groups in total. The summed E-state index contributed by atoms with van der Waals surface area (Å²) in [6.07, 6.45) is 3.59. The van der Waals surface area contributed by atoms with E-state index < -0.39 is 0 Å². The zero-order valence-electron chi connectivity index (χ0n) is 25.8. The smallest absolute Gasteiger partial charge is 0.137 e. The van der Waals surface area contributed by atoms with E-state index in [0.717, 1.165) is 67.3 Å². The maximum atomic E-state index is 6.71. The quantitative estimate of drug-likeness (QED) is 0.203. The lowest BCUT2D eigenvalue weighted by molar-refractivity contribution is 0.449. The number of ether oxygens (including phenoxy) is 2. The topological polar surface area (TPSA) is 21.7 Å². The molecule has 2 heterocycles. The fourth-order valence-corrected chi connectivity index (χ4v) is 7.56. The Hall–Kier alpha value is -5.80. The van der Waals surface area contributed by atoms with Gasteiger partial charge in [0.05, 0.1) is 0 Å². The van der Waals surface area contributed by atoms with Gasteiger partial charge in [0, 0.05) is 50.5 Å². The van der Waals surface area contributed by atoms with E-state index in [1.54, 1.807) is 6.08 Å². The first-order valence-electron chi connectivity index (χ1n) is 15.7. The molecule has 1 aliphatic carbocycles. The minimum absolute atomic E-state index is 0.0941. The fraction of sp³-hybridized carbons (Fsp3) is 0.0698. The van der Waals surface area contributed by atoms with Crippen molar-refractivity contribution in [1.29, 1.82) is 0 Å². The van der Waals surface area contributed by atoms with Crippen molar-refractivity contribution < 1.29 is 9.47 Å². The van der Waals surface area contributed by atoms with Crippen LogP contribution in [0.4, 0.5) is 17.1 Å². The summed E-state index contributed by atoms with van der Waals surface area (Å²) in [6.45, 7) is 12.8. The number of nitrogens with zero attached hydrogens (tertiary/aromatic N) is 1. The predicted molar refractivity (Wildman–Crippen MR) is 190 cm³/mol. The number of hydrogen-bond donors (Lipinski definition) is 0. The lowest BCUT2D eigenvalue weighted by Crippen LogP contribution is -2.16. The van der Waals surface area contributed by atoms with Gasteiger partial charge in [-0.2, -0.15) is 0 Å². The van der Waals surface area contributed by atoms with E-state index in [9.17, 15) is 0 Å². The Morgan fingerprint density at radius 3 is 2.00 bits per heavy atom. The molecule has 0 amide bonds. The van der Waals surface area contributed by atoms with Crippen molar-refractivity contribution in [2.24, 2.45) is 0 Å². The van der Waals surface area contributed by atoms with Crippen LogP contribution in [0.1, 0.15) is 30.5 Å². The minimum Gasteiger partial charge on any atom is -0.456 e. The summed E-state index contributed by atoms with van der Waals surface area (Å²) in [7, 11) is 0. The van der Waals surface area contributed by atoms with E-state index >= 15 is 0 Å². The molecule has 0 atom stereocenters. The van der Waals surface area contributed by atoms with Gasteiger partial charge in [-0.25, -0.2) is 0 Å². The lowest BCUT2D eigenvalue weighted by Gasteiger charge is -2.30. The van der Waals surface area contributed by atoms with E-state index in [0.29, 0.717) is 5.76 Å². The van der Waals surface area contributed by atoms with Gasteiger partial charge in [0.2, 0.25) is 0 Å². The second kappa shape index (κ2) is 9.60. The van der Waals surface area contributed by atoms with E-state index in [-0.39, 0.29) is 5.41 Å². The van der Waals surface area contributed by atoms with Crippen LogP contribution in [0.15, 0.2) is 146 Å². The first-order valence-corrected chi connectivity index (χ1v) is 15.7. The molecular weight excluding hydrogens is 562 g/mol. The third-order valence-corrected chi connectivity index (χ3v) is 9.77. The van der Waals surface area contributed by atoms with Crippen LogP contribution in [0.3, 0.4) is 0 Å². The molecular formula is C43H31NO2. The highest BCUT2D eigenvalue weighted by molar-refractivity contribution is 6.13. The molecule has 0 fully saturated rings. The maximum absolute atomic E-state index is 6.71. The molecule has 0 spiro atoms. The number of hydrogen-bond acceptors (Lipinski definition) is 3. The Morgan fingerprint density at radius 1 is 0.565 bits per heavy atom. The number of fused-ring (bicyclic) bond motifs is 5. The molecule has 0 radical (unpaired) electrons. The lowest BCUT2D eigenvalue weighted by atomic mass is 9.82. The van der Waals surface area contributed by atoms with E-state index in [1.807, 2.05) is 6.08 Å². The van der Waals surface area contributed by atoms with Crippen LogP contribution in [-0.4, -0.2) is 0 Å². The van der Waals surface area contributed by atoms with Gasteiger partial charge in [0.25, 0.3) is 0 Å². The predicted octanol–water partition coefficient (Wildman–Crippen LogP) is 11.9. The molecule has 6 aromatic rings. The third kappa shape index (κ3) is 3.66. The summed E-state index contributed by atoms with van der Waals surface area (Å²) in [4.78, 5) is 2.32. The fourth-order valence-electron chi connectivity index (χ4n) is 7.56. The third-order valence-electron chi connectivity index (χ3n) is 9.77. The molecule has 0 saturated carbocycles. The van der Waals surface area contributed by atoms with Crippen molar-refractivity contribution >= 4 is 33.4 Å². The Balaban J connectivity index is 1.19. The monoisotopic (exact) mass is 593 g/mol. The van der Waals surface area contributed by atoms with Gasteiger partial charge in [0.15, 0.2) is 0 Å². The summed E-state index contributed by atoms with van der Waals surface area (Å²) in [5, 5.41) is 2.08. The second-order valence-electron chi connectivity index (χ2n) is 12.7. The van der Waals surface area contributed by atoms with E-state index in [4.69, 9.17) is 9.47 Å². The van der Waals surface area contributed by atoms with Crippen LogP contribution in [-0.2, 0) is 5.41 Å². The molecule has 0 aromatic heterocycles. The average molecular weight is 594 g/mol. The Labute approximate surface area is 269 Å². The minimum atomic E-state index is -0.0941. The van der Waals surface area contributed by atoms with Crippen LogP contribution in [0.2, 0.25) is 0 Å². The van der Waals surface area contributed by atoms with E-state index in [1.165, 1.54) is 22.3 Å². The molecule has 9 rings (SSSR count). The number of rotatable bonds is 4. The van der Waals surface area contributed by atoms with Gasteiger partial charge >= 0.3 is 0 Å². The Bertz CT molecular complexity index is 2330. The SMILES string of the molecule is C=CC=C1Oc2ccc3c4c(ccc(c24)C1=C)Oc1cc(N(c2ccccc2)c2ccc4c(c2)C(C)(C)c2ccccc2-4)ccc1-3. The van der Waals surface area contributed by atoms with Crippen molar-refractivity contribution in [2.45, 2.75) is 19.3 Å². The van der Waals surface area contributed by atoms with Gasteiger partial charge in [-0.1, -0.05) is 81.6 Å². The highest BCUT2D eigenvalue weighted by Crippen LogP contribution is 2.55. The molecule has 0 bridgehead atoms. The Morgan fingerprint density at radius 2 is 1.20 bits per heavy atom. The average Bonchev–Trinajstić information content (AvgIpc) is 3.31. The molecule has 46 heavy (non-hydrogen) atoms. The van der Waals surface area contributed by atoms with Gasteiger partial charge in [-0.05, 0) is 100 Å². The summed E-state index contributed by atoms with van der Waals surface area (Å²) in [5.74, 6) is 3.16. The molecule has 6 aromatic carbocycles. The molecule has 0 unspecified atom stereocenters. The summed E-state index contributed by atoms with van der Waals surface area (Å²) in [6, 6.07) is 41.1. The Kier molecular flexibility index (Phi) is 5.55. The first kappa shape index (κ1) is 26.6. The molecule has 0 saturated heterocycles. The number of allylic oxidation sites excluding steroid dienone is 3. The van der Waals surface area contributed by atoms with Crippen LogP contribution in [0.25, 0.3) is 38.6 Å². The molecule has 3 aliphatic rings. The zero-order chi connectivity index (χ0) is 31.2. The maximum Gasteiger partial charge on any atom is 0.137 e. The van der Waals surface area contributed by atoms with E-state index in [2.05, 4.69) is 147 Å². The zero-order valence-corrected chi connectivity index (χ0v) is 25.8. The molecule has 3 nitrogen and oxygen atoms in total. The van der Waals surface area contributed by atoms with Crippen molar-refractivity contribution in [3.8, 4) is 39.5 Å². The molecule has 220 valence electrons. The van der Waals surface area contributed by atoms with Gasteiger partial charge in [-0.15, -0.1) is 0 Å². The summed E-state index contributed by atoms with van der Waals surface area (Å²) in [5.41, 5.74) is 12.5. The number of benzene rings is 6. The number of anilines is 3. The first-order chi connectivity index (χ1) is 22.4. The normalized spacial score (nSPS) is 15.4. The van der Waals surface area contributed by atoms with Crippen LogP contribution in [0.5, 0.6) is 17.2 Å². The standard InChI is InChI=1S/C43H31NO2/c1-5-11-37-26(2)30-20-22-39-42-34(21-23-38(45-37)41(30)42)33-19-17-29(25-40(33)46-39)44(27-12-7-6-8-13-27)28-16-18-32-31-14-9-10-15-35(31)43(3,4)36(32)24-28/h5-25H,1-2H2,3-4H3. The van der Waals surface area contributed by atoms with Crippen LogP contribution >= 0.6 is 0 Å². The van der Waals surface area contributed by atoms with Gasteiger partial charge in [0.1, 0.15) is 23.0 Å².